The zero-order valence-electron chi connectivity index (χ0n) is 19.4. The van der Waals surface area contributed by atoms with Gasteiger partial charge in [0.05, 0.1) is 22.5 Å². The van der Waals surface area contributed by atoms with E-state index in [9.17, 15) is 0 Å². The second-order valence-corrected chi connectivity index (χ2v) is 9.48. The third-order valence-electron chi connectivity index (χ3n) is 7.43. The second-order valence-electron chi connectivity index (χ2n) is 9.48. The number of hydrogen-bond donors (Lipinski definition) is 0. The number of aliphatic imine (C=N–C) groups is 1. The molecule has 6 rings (SSSR count). The van der Waals surface area contributed by atoms with Crippen molar-refractivity contribution in [2.45, 2.75) is 37.8 Å². The number of piperidine rings is 1. The molecule has 0 saturated carbocycles. The van der Waals surface area contributed by atoms with Crippen LogP contribution in [0.3, 0.4) is 0 Å². The van der Waals surface area contributed by atoms with Gasteiger partial charge in [-0.2, -0.15) is 0 Å². The fraction of sp³-hybridized carbons (Fsp3) is 0.233. The van der Waals surface area contributed by atoms with E-state index in [4.69, 9.17) is 15.0 Å². The lowest BCUT2D eigenvalue weighted by molar-refractivity contribution is 0.109. The van der Waals surface area contributed by atoms with Gasteiger partial charge in [-0.15, -0.1) is 0 Å². The molecule has 0 radical (unpaired) electrons. The molecule has 168 valence electrons. The average Bonchev–Trinajstić information content (AvgIpc) is 3.25. The summed E-state index contributed by atoms with van der Waals surface area (Å²) in [5.74, 6) is 0. The van der Waals surface area contributed by atoms with Crippen LogP contribution in [0.5, 0.6) is 0 Å². The number of hydrogen-bond acceptors (Lipinski definition) is 4. The number of pyridine rings is 2. The van der Waals surface area contributed by atoms with Crippen LogP contribution in [0.15, 0.2) is 96.2 Å². The quantitative estimate of drug-likeness (QED) is 0.364. The maximum absolute atomic E-state index is 4.79. The van der Waals surface area contributed by atoms with Gasteiger partial charge in [0.1, 0.15) is 0 Å². The zero-order valence-corrected chi connectivity index (χ0v) is 19.4. The number of nitrogens with zero attached hydrogens (tertiary/aromatic N) is 4. The van der Waals surface area contributed by atoms with Crippen LogP contribution >= 0.6 is 0 Å². The number of likely N-dealkylation sites (tertiary alicyclic amines) is 1. The number of aryl methyl sites for hydroxylation is 1. The Morgan fingerprint density at radius 3 is 2.44 bits per heavy atom. The molecule has 1 spiro atoms. The first kappa shape index (κ1) is 20.9. The highest BCUT2D eigenvalue weighted by molar-refractivity contribution is 5.84. The first-order valence-electron chi connectivity index (χ1n) is 12.0. The molecule has 0 amide bonds. The van der Waals surface area contributed by atoms with E-state index in [1.807, 2.05) is 24.5 Å². The van der Waals surface area contributed by atoms with Gasteiger partial charge in [0.25, 0.3) is 0 Å². The first-order chi connectivity index (χ1) is 16.7. The van der Waals surface area contributed by atoms with Gasteiger partial charge >= 0.3 is 0 Å². The number of rotatable bonds is 4. The number of fused-ring (bicyclic) bond motifs is 2. The van der Waals surface area contributed by atoms with Crippen molar-refractivity contribution in [3.8, 4) is 11.1 Å². The molecule has 2 atom stereocenters. The molecule has 0 bridgehead atoms. The molecule has 4 aromatic rings. The van der Waals surface area contributed by atoms with E-state index in [1.54, 1.807) is 0 Å². The van der Waals surface area contributed by atoms with Crippen molar-refractivity contribution in [1.29, 1.82) is 0 Å². The van der Waals surface area contributed by atoms with Gasteiger partial charge in [0, 0.05) is 37.7 Å². The summed E-state index contributed by atoms with van der Waals surface area (Å²) in [7, 11) is 0. The van der Waals surface area contributed by atoms with Crippen molar-refractivity contribution in [1.82, 2.24) is 14.9 Å². The van der Waals surface area contributed by atoms with Gasteiger partial charge in [0.2, 0.25) is 0 Å². The van der Waals surface area contributed by atoms with Crippen LogP contribution in [0.1, 0.15) is 41.4 Å². The van der Waals surface area contributed by atoms with Crippen molar-refractivity contribution < 1.29 is 0 Å². The van der Waals surface area contributed by atoms with Crippen LogP contribution in [-0.2, 0) is 12.0 Å². The third-order valence-corrected chi connectivity index (χ3v) is 7.43. The predicted octanol–water partition coefficient (Wildman–Crippen LogP) is 6.44. The van der Waals surface area contributed by atoms with E-state index in [-0.39, 0.29) is 11.5 Å². The molecule has 4 heterocycles. The number of aromatic nitrogens is 2. The Bertz CT molecular complexity index is 1330. The minimum Gasteiger partial charge on any atom is -0.290 e. The molecular formula is C30H28N4. The van der Waals surface area contributed by atoms with Crippen molar-refractivity contribution in [2.24, 2.45) is 4.99 Å². The summed E-state index contributed by atoms with van der Waals surface area (Å²) in [5.41, 5.74) is 8.29. The Morgan fingerprint density at radius 1 is 0.853 bits per heavy atom. The second kappa shape index (κ2) is 8.62. The largest absolute Gasteiger partial charge is 0.290 e. The van der Waals surface area contributed by atoms with Gasteiger partial charge in [-0.3, -0.25) is 19.9 Å². The highest BCUT2D eigenvalue weighted by atomic mass is 15.2. The van der Waals surface area contributed by atoms with Gasteiger partial charge < -0.3 is 0 Å². The monoisotopic (exact) mass is 444 g/mol. The lowest BCUT2D eigenvalue weighted by Gasteiger charge is -2.44. The molecule has 2 aromatic carbocycles. The minimum absolute atomic E-state index is 0.102. The van der Waals surface area contributed by atoms with Crippen molar-refractivity contribution in [3.05, 3.63) is 114 Å². The topological polar surface area (TPSA) is 41.4 Å². The fourth-order valence-corrected chi connectivity index (χ4v) is 5.47. The lowest BCUT2D eigenvalue weighted by atomic mass is 9.72. The molecule has 1 fully saturated rings. The molecule has 1 saturated heterocycles. The van der Waals surface area contributed by atoms with E-state index in [1.165, 1.54) is 22.3 Å². The van der Waals surface area contributed by atoms with E-state index in [0.29, 0.717) is 0 Å². The summed E-state index contributed by atoms with van der Waals surface area (Å²) in [4.78, 5) is 16.8. The smallest absolute Gasteiger partial charge is 0.0851 e. The summed E-state index contributed by atoms with van der Waals surface area (Å²) < 4.78 is 0. The SMILES string of the molecule is Cc1cccnc1CN1CCC2(C=Nc3cccnc32)C[C@@H]1c1ccc(-c2ccccc2)cc1. The van der Waals surface area contributed by atoms with Crippen LogP contribution in [-0.4, -0.2) is 27.6 Å². The van der Waals surface area contributed by atoms with Crippen LogP contribution in [0.25, 0.3) is 11.1 Å². The zero-order chi connectivity index (χ0) is 23.0. The average molecular weight is 445 g/mol. The summed E-state index contributed by atoms with van der Waals surface area (Å²) >= 11 is 0. The maximum Gasteiger partial charge on any atom is 0.0851 e. The Hall–Kier alpha value is -3.63. The molecule has 34 heavy (non-hydrogen) atoms. The molecule has 4 heteroatoms. The molecular weight excluding hydrogens is 416 g/mol. The molecule has 2 aromatic heterocycles. The molecule has 4 nitrogen and oxygen atoms in total. The Morgan fingerprint density at radius 2 is 1.62 bits per heavy atom. The van der Waals surface area contributed by atoms with Crippen LogP contribution in [0.2, 0.25) is 0 Å². The third kappa shape index (κ3) is 3.74. The van der Waals surface area contributed by atoms with Crippen LogP contribution in [0, 0.1) is 6.92 Å². The standard InChI is InChI=1S/C30H28N4/c1-22-7-5-16-31-27(22)20-34-18-15-30(21-33-26-10-6-17-32-29(26)30)19-28(34)25-13-11-24(12-14-25)23-8-3-2-4-9-23/h2-14,16-17,21,28H,15,18-20H2,1H3/t28-,30?/m1/s1. The Labute approximate surface area is 201 Å². The van der Waals surface area contributed by atoms with Gasteiger partial charge in [0.15, 0.2) is 0 Å². The predicted molar refractivity (Wildman–Crippen MR) is 137 cm³/mol. The van der Waals surface area contributed by atoms with Crippen molar-refractivity contribution >= 4 is 11.9 Å². The van der Waals surface area contributed by atoms with Crippen molar-refractivity contribution in [3.63, 3.8) is 0 Å². The lowest BCUT2D eigenvalue weighted by Crippen LogP contribution is -2.44. The summed E-state index contributed by atoms with van der Waals surface area (Å²) in [6, 6.07) is 28.2. The Kier molecular flexibility index (Phi) is 5.31. The Balaban J connectivity index is 1.36. The normalized spacial score (nSPS) is 21.6. The van der Waals surface area contributed by atoms with Gasteiger partial charge in [-0.1, -0.05) is 60.7 Å². The summed E-state index contributed by atoms with van der Waals surface area (Å²) in [6.07, 6.45) is 7.96. The summed E-state index contributed by atoms with van der Waals surface area (Å²) in [6.45, 7) is 3.98. The fourth-order valence-electron chi connectivity index (χ4n) is 5.47. The van der Waals surface area contributed by atoms with E-state index in [0.717, 1.165) is 43.0 Å². The first-order valence-corrected chi connectivity index (χ1v) is 12.0. The van der Waals surface area contributed by atoms with Crippen LogP contribution in [0.4, 0.5) is 5.69 Å². The minimum atomic E-state index is -0.102. The van der Waals surface area contributed by atoms with E-state index in [2.05, 4.69) is 84.8 Å². The molecule has 0 N–H and O–H groups in total. The highest BCUT2D eigenvalue weighted by Crippen LogP contribution is 2.48. The highest BCUT2D eigenvalue weighted by Gasteiger charge is 2.45. The van der Waals surface area contributed by atoms with Gasteiger partial charge in [-0.05, 0) is 60.2 Å². The van der Waals surface area contributed by atoms with E-state index >= 15 is 0 Å². The van der Waals surface area contributed by atoms with Gasteiger partial charge in [-0.25, -0.2) is 0 Å². The molecule has 0 aliphatic carbocycles. The van der Waals surface area contributed by atoms with Crippen molar-refractivity contribution in [2.75, 3.05) is 6.54 Å². The summed E-state index contributed by atoms with van der Waals surface area (Å²) in [5, 5.41) is 0. The number of benzene rings is 2. The maximum atomic E-state index is 4.79. The van der Waals surface area contributed by atoms with E-state index < -0.39 is 0 Å². The molecule has 2 aliphatic rings. The molecule has 1 unspecified atom stereocenters. The molecule has 2 aliphatic heterocycles. The van der Waals surface area contributed by atoms with Crippen LogP contribution < -0.4 is 0 Å².